The van der Waals surface area contributed by atoms with Crippen LogP contribution in [-0.2, 0) is 0 Å². The second-order valence-corrected chi connectivity index (χ2v) is 4.81. The molecule has 0 aromatic carbocycles. The number of carbonyl (C=O) groups is 1. The molecule has 1 saturated heterocycles. The van der Waals surface area contributed by atoms with Gasteiger partial charge in [-0.1, -0.05) is 27.2 Å². The van der Waals surface area contributed by atoms with E-state index >= 15 is 0 Å². The van der Waals surface area contributed by atoms with Crippen LogP contribution < -0.4 is 10.6 Å². The fourth-order valence-corrected chi connectivity index (χ4v) is 2.22. The van der Waals surface area contributed by atoms with Crippen molar-refractivity contribution >= 4 is 6.03 Å². The summed E-state index contributed by atoms with van der Waals surface area (Å²) in [6.07, 6.45) is 4.28. The average Bonchev–Trinajstić information content (AvgIpc) is 2.38. The lowest BCUT2D eigenvalue weighted by Crippen LogP contribution is -2.60. The van der Waals surface area contributed by atoms with Gasteiger partial charge in [-0.25, -0.2) is 4.79 Å². The molecule has 2 amide bonds. The minimum absolute atomic E-state index is 0.116. The van der Waals surface area contributed by atoms with Crippen molar-refractivity contribution < 1.29 is 4.79 Å². The monoisotopic (exact) mass is 241 g/mol. The van der Waals surface area contributed by atoms with Crippen LogP contribution in [0.15, 0.2) is 0 Å². The number of amides is 2. The Morgan fingerprint density at radius 1 is 1.35 bits per heavy atom. The molecule has 4 heteroatoms. The zero-order valence-corrected chi connectivity index (χ0v) is 11.5. The van der Waals surface area contributed by atoms with Gasteiger partial charge in [0.25, 0.3) is 0 Å². The van der Waals surface area contributed by atoms with Crippen molar-refractivity contribution in [2.75, 3.05) is 19.6 Å². The molecule has 0 aromatic heterocycles. The highest BCUT2D eigenvalue weighted by Gasteiger charge is 2.29. The number of unbranched alkanes of at least 4 members (excludes halogenated alkanes) is 1. The maximum absolute atomic E-state index is 12.1. The molecule has 2 N–H and O–H groups in total. The molecule has 17 heavy (non-hydrogen) atoms. The Balaban J connectivity index is 2.47. The first-order valence-electron chi connectivity index (χ1n) is 7.00. The highest BCUT2D eigenvalue weighted by molar-refractivity contribution is 5.74. The maximum atomic E-state index is 12.1. The molecule has 0 aliphatic carbocycles. The molecule has 0 radical (unpaired) electrons. The summed E-state index contributed by atoms with van der Waals surface area (Å²) in [6.45, 7) is 9.01. The van der Waals surface area contributed by atoms with Crippen LogP contribution in [0.3, 0.4) is 0 Å². The summed E-state index contributed by atoms with van der Waals surface area (Å²) >= 11 is 0. The summed E-state index contributed by atoms with van der Waals surface area (Å²) in [6, 6.07) is 0.916. The van der Waals surface area contributed by atoms with Crippen LogP contribution in [0.5, 0.6) is 0 Å². The Hall–Kier alpha value is -0.770. The highest BCUT2D eigenvalue weighted by Crippen LogP contribution is 2.12. The zero-order valence-electron chi connectivity index (χ0n) is 11.5. The summed E-state index contributed by atoms with van der Waals surface area (Å²) < 4.78 is 0. The summed E-state index contributed by atoms with van der Waals surface area (Å²) in [5.74, 6) is 0. The molecule has 0 bridgehead atoms. The van der Waals surface area contributed by atoms with Crippen molar-refractivity contribution in [3.8, 4) is 0 Å². The first-order valence-corrected chi connectivity index (χ1v) is 7.00. The van der Waals surface area contributed by atoms with Gasteiger partial charge in [-0.05, 0) is 19.3 Å². The molecule has 1 aliphatic rings. The average molecular weight is 241 g/mol. The van der Waals surface area contributed by atoms with E-state index in [0.717, 1.165) is 45.3 Å². The van der Waals surface area contributed by atoms with E-state index in [1.54, 1.807) is 0 Å². The number of nitrogens with zero attached hydrogens (tertiary/aromatic N) is 1. The fraction of sp³-hybridized carbons (Fsp3) is 0.923. The van der Waals surface area contributed by atoms with Crippen molar-refractivity contribution in [1.29, 1.82) is 0 Å². The lowest BCUT2D eigenvalue weighted by molar-refractivity contribution is 0.136. The van der Waals surface area contributed by atoms with Crippen molar-refractivity contribution in [1.82, 2.24) is 15.5 Å². The quantitative estimate of drug-likeness (QED) is 0.723. The molecule has 0 spiro atoms. The van der Waals surface area contributed by atoms with Gasteiger partial charge in [-0.3, -0.25) is 0 Å². The third kappa shape index (κ3) is 4.19. The Morgan fingerprint density at radius 3 is 2.71 bits per heavy atom. The molecule has 1 rings (SSSR count). The SMILES string of the molecule is CCCCNC(=O)N1CC(CC)NCC1CC. The van der Waals surface area contributed by atoms with Crippen LogP contribution in [0, 0.1) is 0 Å². The van der Waals surface area contributed by atoms with Crippen molar-refractivity contribution in [3.63, 3.8) is 0 Å². The van der Waals surface area contributed by atoms with Gasteiger partial charge in [0.15, 0.2) is 0 Å². The van der Waals surface area contributed by atoms with Crippen LogP contribution in [0.2, 0.25) is 0 Å². The third-order valence-corrected chi connectivity index (χ3v) is 3.53. The van der Waals surface area contributed by atoms with Crippen molar-refractivity contribution in [2.24, 2.45) is 0 Å². The van der Waals surface area contributed by atoms with E-state index in [1.807, 2.05) is 4.90 Å². The first kappa shape index (κ1) is 14.3. The summed E-state index contributed by atoms with van der Waals surface area (Å²) in [4.78, 5) is 14.1. The highest BCUT2D eigenvalue weighted by atomic mass is 16.2. The van der Waals surface area contributed by atoms with E-state index in [1.165, 1.54) is 0 Å². The summed E-state index contributed by atoms with van der Waals surface area (Å²) in [5, 5.41) is 6.52. The number of carbonyl (C=O) groups excluding carboxylic acids is 1. The summed E-state index contributed by atoms with van der Waals surface area (Å²) in [7, 11) is 0. The minimum Gasteiger partial charge on any atom is -0.338 e. The Kier molecular flexibility index (Phi) is 6.34. The predicted octanol–water partition coefficient (Wildman–Crippen LogP) is 1.96. The topological polar surface area (TPSA) is 44.4 Å². The van der Waals surface area contributed by atoms with E-state index in [-0.39, 0.29) is 6.03 Å². The van der Waals surface area contributed by atoms with Gasteiger partial charge in [-0.2, -0.15) is 0 Å². The van der Waals surface area contributed by atoms with Crippen LogP contribution >= 0.6 is 0 Å². The van der Waals surface area contributed by atoms with Gasteiger partial charge < -0.3 is 15.5 Å². The lowest BCUT2D eigenvalue weighted by Gasteiger charge is -2.39. The molecule has 1 fully saturated rings. The van der Waals surface area contributed by atoms with Gasteiger partial charge in [-0.15, -0.1) is 0 Å². The molecule has 2 unspecified atom stereocenters. The number of hydrogen-bond donors (Lipinski definition) is 2. The number of nitrogens with one attached hydrogen (secondary N) is 2. The second-order valence-electron chi connectivity index (χ2n) is 4.81. The van der Waals surface area contributed by atoms with Gasteiger partial charge >= 0.3 is 6.03 Å². The number of hydrogen-bond acceptors (Lipinski definition) is 2. The predicted molar refractivity (Wildman–Crippen MR) is 71.2 cm³/mol. The van der Waals surface area contributed by atoms with Crippen LogP contribution in [0.25, 0.3) is 0 Å². The van der Waals surface area contributed by atoms with Crippen LogP contribution in [0.4, 0.5) is 4.79 Å². The second kappa shape index (κ2) is 7.54. The van der Waals surface area contributed by atoms with E-state index in [4.69, 9.17) is 0 Å². The van der Waals surface area contributed by atoms with Gasteiger partial charge in [0.2, 0.25) is 0 Å². The zero-order chi connectivity index (χ0) is 12.7. The van der Waals surface area contributed by atoms with Crippen molar-refractivity contribution in [3.05, 3.63) is 0 Å². The number of rotatable bonds is 5. The van der Waals surface area contributed by atoms with Crippen LogP contribution in [0.1, 0.15) is 46.5 Å². The molecule has 2 atom stereocenters. The molecule has 1 aliphatic heterocycles. The fourth-order valence-electron chi connectivity index (χ4n) is 2.22. The lowest BCUT2D eigenvalue weighted by atomic mass is 10.1. The van der Waals surface area contributed by atoms with Gasteiger partial charge in [0, 0.05) is 31.7 Å². The third-order valence-electron chi connectivity index (χ3n) is 3.53. The molecule has 0 saturated carbocycles. The van der Waals surface area contributed by atoms with E-state index < -0.39 is 0 Å². The first-order chi connectivity index (χ1) is 8.22. The van der Waals surface area contributed by atoms with Crippen molar-refractivity contribution in [2.45, 2.75) is 58.5 Å². The number of piperazine rings is 1. The molecule has 4 nitrogen and oxygen atoms in total. The van der Waals surface area contributed by atoms with Gasteiger partial charge in [0.05, 0.1) is 0 Å². The molecular weight excluding hydrogens is 214 g/mol. The number of urea groups is 1. The molecule has 0 aromatic rings. The molecular formula is C13H27N3O. The normalized spacial score (nSPS) is 24.8. The molecule has 1 heterocycles. The Morgan fingerprint density at radius 2 is 2.12 bits per heavy atom. The Labute approximate surface area is 105 Å². The minimum atomic E-state index is 0.116. The van der Waals surface area contributed by atoms with Crippen LogP contribution in [-0.4, -0.2) is 42.6 Å². The van der Waals surface area contributed by atoms with E-state index in [0.29, 0.717) is 12.1 Å². The smallest absolute Gasteiger partial charge is 0.317 e. The Bertz CT molecular complexity index is 233. The largest absolute Gasteiger partial charge is 0.338 e. The maximum Gasteiger partial charge on any atom is 0.317 e. The summed E-state index contributed by atoms with van der Waals surface area (Å²) in [5.41, 5.74) is 0. The standard InChI is InChI=1S/C13H27N3O/c1-4-7-8-14-13(17)16-10-11(5-2)15-9-12(16)6-3/h11-12,15H,4-10H2,1-3H3,(H,14,17). The van der Waals surface area contributed by atoms with E-state index in [2.05, 4.69) is 31.4 Å². The van der Waals surface area contributed by atoms with Gasteiger partial charge in [0.1, 0.15) is 0 Å². The van der Waals surface area contributed by atoms with E-state index in [9.17, 15) is 4.79 Å². The molecule has 100 valence electrons.